The number of benzene rings is 1. The molecule has 1 aromatic carbocycles. The first-order valence-corrected chi connectivity index (χ1v) is 10.6. The SMILES string of the molecule is CCN(CC)c1ccc(CNC(=O)CCc2ccc(-n3nc(C)cc3C)cc2)cn1. The van der Waals surface area contributed by atoms with Gasteiger partial charge in [0.25, 0.3) is 0 Å². The Labute approximate surface area is 178 Å². The molecular weight excluding hydrogens is 374 g/mol. The van der Waals surface area contributed by atoms with E-state index in [4.69, 9.17) is 0 Å². The molecule has 6 nitrogen and oxygen atoms in total. The van der Waals surface area contributed by atoms with Gasteiger partial charge in [0.15, 0.2) is 0 Å². The fourth-order valence-corrected chi connectivity index (χ4v) is 3.50. The van der Waals surface area contributed by atoms with E-state index in [1.54, 1.807) is 0 Å². The van der Waals surface area contributed by atoms with Crippen LogP contribution in [-0.4, -0.2) is 33.8 Å². The summed E-state index contributed by atoms with van der Waals surface area (Å²) in [6.07, 6.45) is 3.01. The van der Waals surface area contributed by atoms with Crippen LogP contribution in [0, 0.1) is 13.8 Å². The average molecular weight is 406 g/mol. The summed E-state index contributed by atoms with van der Waals surface area (Å²) in [5.41, 5.74) is 5.30. The van der Waals surface area contributed by atoms with E-state index in [9.17, 15) is 4.79 Å². The van der Waals surface area contributed by atoms with Crippen molar-refractivity contribution < 1.29 is 4.79 Å². The molecule has 0 aliphatic rings. The maximum atomic E-state index is 12.2. The summed E-state index contributed by atoms with van der Waals surface area (Å²) < 4.78 is 1.94. The lowest BCUT2D eigenvalue weighted by Gasteiger charge is -2.19. The van der Waals surface area contributed by atoms with Crippen molar-refractivity contribution in [2.24, 2.45) is 0 Å². The number of aryl methyl sites for hydroxylation is 3. The largest absolute Gasteiger partial charge is 0.357 e. The van der Waals surface area contributed by atoms with Gasteiger partial charge < -0.3 is 10.2 Å². The fourth-order valence-electron chi connectivity index (χ4n) is 3.50. The standard InChI is InChI=1S/C24H31N5O/c1-5-28(6-2)23-13-9-21(16-25-23)17-26-24(30)14-10-20-7-11-22(12-8-20)29-19(4)15-18(3)27-29/h7-9,11-13,15-16H,5-6,10,14,17H2,1-4H3,(H,26,30). The first-order valence-electron chi connectivity index (χ1n) is 10.6. The maximum absolute atomic E-state index is 12.2. The second-order valence-electron chi connectivity index (χ2n) is 7.48. The highest BCUT2D eigenvalue weighted by Crippen LogP contribution is 2.14. The zero-order chi connectivity index (χ0) is 21.5. The van der Waals surface area contributed by atoms with Crippen molar-refractivity contribution >= 4 is 11.7 Å². The van der Waals surface area contributed by atoms with Crippen LogP contribution < -0.4 is 10.2 Å². The van der Waals surface area contributed by atoms with Crippen molar-refractivity contribution in [2.45, 2.75) is 47.1 Å². The van der Waals surface area contributed by atoms with Crippen molar-refractivity contribution in [1.82, 2.24) is 20.1 Å². The number of nitrogens with one attached hydrogen (secondary N) is 1. The summed E-state index contributed by atoms with van der Waals surface area (Å²) in [7, 11) is 0. The van der Waals surface area contributed by atoms with Gasteiger partial charge in [-0.3, -0.25) is 4.79 Å². The molecule has 0 radical (unpaired) electrons. The van der Waals surface area contributed by atoms with Gasteiger partial charge in [0, 0.05) is 37.9 Å². The monoisotopic (exact) mass is 405 g/mol. The summed E-state index contributed by atoms with van der Waals surface area (Å²) in [5.74, 6) is 1.02. The summed E-state index contributed by atoms with van der Waals surface area (Å²) in [6, 6.07) is 14.3. The lowest BCUT2D eigenvalue weighted by atomic mass is 10.1. The van der Waals surface area contributed by atoms with E-state index in [0.717, 1.165) is 47.1 Å². The van der Waals surface area contributed by atoms with Gasteiger partial charge in [-0.05, 0) is 69.5 Å². The molecule has 0 aliphatic carbocycles. The van der Waals surface area contributed by atoms with Crippen molar-refractivity contribution in [1.29, 1.82) is 0 Å². The molecule has 158 valence electrons. The Morgan fingerprint density at radius 3 is 2.30 bits per heavy atom. The molecule has 0 saturated carbocycles. The average Bonchev–Trinajstić information content (AvgIpc) is 3.10. The van der Waals surface area contributed by atoms with Gasteiger partial charge in [-0.15, -0.1) is 0 Å². The zero-order valence-electron chi connectivity index (χ0n) is 18.4. The molecule has 30 heavy (non-hydrogen) atoms. The molecule has 0 spiro atoms. The van der Waals surface area contributed by atoms with E-state index < -0.39 is 0 Å². The Hall–Kier alpha value is -3.15. The normalized spacial score (nSPS) is 10.8. The van der Waals surface area contributed by atoms with Crippen LogP contribution in [0.4, 0.5) is 5.82 Å². The third kappa shape index (κ3) is 5.47. The predicted molar refractivity (Wildman–Crippen MR) is 121 cm³/mol. The number of pyridine rings is 1. The van der Waals surface area contributed by atoms with E-state index in [2.05, 4.69) is 64.5 Å². The van der Waals surface area contributed by atoms with Gasteiger partial charge in [0.2, 0.25) is 5.91 Å². The third-order valence-corrected chi connectivity index (χ3v) is 5.22. The Kier molecular flexibility index (Phi) is 7.22. The first-order chi connectivity index (χ1) is 14.5. The van der Waals surface area contributed by atoms with Gasteiger partial charge in [-0.25, -0.2) is 9.67 Å². The molecule has 0 unspecified atom stereocenters. The Bertz CT molecular complexity index is 956. The fraction of sp³-hybridized carbons (Fsp3) is 0.375. The maximum Gasteiger partial charge on any atom is 0.220 e. The van der Waals surface area contributed by atoms with Gasteiger partial charge in [0.05, 0.1) is 11.4 Å². The molecule has 0 bridgehead atoms. The van der Waals surface area contributed by atoms with E-state index in [-0.39, 0.29) is 5.91 Å². The Morgan fingerprint density at radius 2 is 1.73 bits per heavy atom. The number of anilines is 1. The van der Waals surface area contributed by atoms with Crippen LogP contribution in [-0.2, 0) is 17.8 Å². The lowest BCUT2D eigenvalue weighted by molar-refractivity contribution is -0.121. The first kappa shape index (κ1) is 21.6. The number of hydrogen-bond donors (Lipinski definition) is 1. The molecule has 0 atom stereocenters. The number of carbonyl (C=O) groups is 1. The number of nitrogens with zero attached hydrogens (tertiary/aromatic N) is 4. The molecule has 3 aromatic rings. The Morgan fingerprint density at radius 1 is 1.03 bits per heavy atom. The highest BCUT2D eigenvalue weighted by Gasteiger charge is 2.07. The minimum Gasteiger partial charge on any atom is -0.357 e. The van der Waals surface area contributed by atoms with Crippen LogP contribution in [0.15, 0.2) is 48.7 Å². The van der Waals surface area contributed by atoms with Gasteiger partial charge in [-0.2, -0.15) is 5.10 Å². The number of aromatic nitrogens is 3. The van der Waals surface area contributed by atoms with Crippen molar-refractivity contribution in [3.63, 3.8) is 0 Å². The third-order valence-electron chi connectivity index (χ3n) is 5.22. The molecule has 3 rings (SSSR count). The Balaban J connectivity index is 1.47. The number of amides is 1. The molecule has 0 fully saturated rings. The van der Waals surface area contributed by atoms with E-state index in [1.807, 2.05) is 36.9 Å². The zero-order valence-corrected chi connectivity index (χ0v) is 18.4. The van der Waals surface area contributed by atoms with Gasteiger partial charge in [-0.1, -0.05) is 18.2 Å². The molecular formula is C24H31N5O. The number of hydrogen-bond acceptors (Lipinski definition) is 4. The molecule has 1 amide bonds. The van der Waals surface area contributed by atoms with Crippen molar-refractivity contribution in [2.75, 3.05) is 18.0 Å². The number of rotatable bonds is 9. The summed E-state index contributed by atoms with van der Waals surface area (Å²) >= 11 is 0. The van der Waals surface area contributed by atoms with Crippen LogP contribution in [0.25, 0.3) is 5.69 Å². The van der Waals surface area contributed by atoms with Crippen LogP contribution in [0.3, 0.4) is 0 Å². The second kappa shape index (κ2) is 10.1. The quantitative estimate of drug-likeness (QED) is 0.585. The van der Waals surface area contributed by atoms with Gasteiger partial charge >= 0.3 is 0 Å². The van der Waals surface area contributed by atoms with E-state index in [0.29, 0.717) is 19.4 Å². The molecule has 6 heteroatoms. The highest BCUT2D eigenvalue weighted by atomic mass is 16.1. The van der Waals surface area contributed by atoms with Crippen LogP contribution in [0.2, 0.25) is 0 Å². The minimum atomic E-state index is 0.0467. The van der Waals surface area contributed by atoms with Crippen LogP contribution >= 0.6 is 0 Å². The van der Waals surface area contributed by atoms with Gasteiger partial charge in [0.1, 0.15) is 5.82 Å². The minimum absolute atomic E-state index is 0.0467. The summed E-state index contributed by atoms with van der Waals surface area (Å²) in [5, 5.41) is 7.49. The van der Waals surface area contributed by atoms with Crippen LogP contribution in [0.1, 0.15) is 42.8 Å². The topological polar surface area (TPSA) is 63.1 Å². The summed E-state index contributed by atoms with van der Waals surface area (Å²) in [6.45, 7) is 10.6. The molecule has 2 aromatic heterocycles. The van der Waals surface area contributed by atoms with Crippen molar-refractivity contribution in [3.05, 3.63) is 71.2 Å². The summed E-state index contributed by atoms with van der Waals surface area (Å²) in [4.78, 5) is 18.9. The van der Waals surface area contributed by atoms with E-state index >= 15 is 0 Å². The predicted octanol–water partition coefficient (Wildman–Crippen LogP) is 3.98. The van der Waals surface area contributed by atoms with Crippen LogP contribution in [0.5, 0.6) is 0 Å². The smallest absolute Gasteiger partial charge is 0.220 e. The highest BCUT2D eigenvalue weighted by molar-refractivity contribution is 5.76. The molecule has 2 heterocycles. The number of carbonyl (C=O) groups excluding carboxylic acids is 1. The molecule has 0 aliphatic heterocycles. The lowest BCUT2D eigenvalue weighted by Crippen LogP contribution is -2.24. The van der Waals surface area contributed by atoms with E-state index in [1.165, 1.54) is 0 Å². The molecule has 1 N–H and O–H groups in total. The second-order valence-corrected chi connectivity index (χ2v) is 7.48. The van der Waals surface area contributed by atoms with Crippen molar-refractivity contribution in [3.8, 4) is 5.69 Å². The molecule has 0 saturated heterocycles.